The van der Waals surface area contributed by atoms with Crippen molar-refractivity contribution in [2.24, 2.45) is 0 Å². The molecule has 0 atom stereocenters. The summed E-state index contributed by atoms with van der Waals surface area (Å²) >= 11 is 0. The maximum Gasteiger partial charge on any atom is 0.274 e. The zero-order valence-electron chi connectivity index (χ0n) is 8.82. The maximum absolute atomic E-state index is 11.9. The van der Waals surface area contributed by atoms with Crippen LogP contribution in [0.2, 0.25) is 0 Å². The van der Waals surface area contributed by atoms with Gasteiger partial charge in [0.05, 0.1) is 5.52 Å². The largest absolute Gasteiger partial charge is 0.341 e. The average molecular weight is 203 g/mol. The van der Waals surface area contributed by atoms with Crippen molar-refractivity contribution >= 4 is 16.8 Å². The number of rotatable bonds is 2. The Kier molecular flexibility index (Phi) is 2.41. The third kappa shape index (κ3) is 1.58. The summed E-state index contributed by atoms with van der Waals surface area (Å²) < 4.78 is 0. The Labute approximate surface area is 87.9 Å². The second kappa shape index (κ2) is 3.73. The first kappa shape index (κ1) is 9.71. The number of hydrogen-bond donors (Lipinski definition) is 1. The van der Waals surface area contributed by atoms with Crippen LogP contribution >= 0.6 is 0 Å². The van der Waals surface area contributed by atoms with E-state index in [1.165, 1.54) is 0 Å². The van der Waals surface area contributed by atoms with Crippen molar-refractivity contribution in [2.75, 3.05) is 13.6 Å². The first-order valence-corrected chi connectivity index (χ1v) is 4.92. The van der Waals surface area contributed by atoms with E-state index in [0.29, 0.717) is 12.2 Å². The van der Waals surface area contributed by atoms with E-state index in [9.17, 15) is 4.79 Å². The second-order valence-electron chi connectivity index (χ2n) is 3.44. The molecule has 1 aromatic carbocycles. The van der Waals surface area contributed by atoms with Crippen LogP contribution in [-0.4, -0.2) is 34.6 Å². The molecule has 1 heterocycles. The van der Waals surface area contributed by atoms with Crippen molar-refractivity contribution in [3.63, 3.8) is 0 Å². The first-order chi connectivity index (χ1) is 7.24. The molecule has 0 saturated carbocycles. The molecule has 1 aromatic heterocycles. The van der Waals surface area contributed by atoms with Gasteiger partial charge in [0.15, 0.2) is 5.69 Å². The predicted molar refractivity (Wildman–Crippen MR) is 58.7 cm³/mol. The lowest BCUT2D eigenvalue weighted by atomic mass is 10.2. The average Bonchev–Trinajstić information content (AvgIpc) is 2.70. The van der Waals surface area contributed by atoms with Gasteiger partial charge < -0.3 is 4.90 Å². The number of hydrogen-bond acceptors (Lipinski definition) is 2. The topological polar surface area (TPSA) is 49.0 Å². The van der Waals surface area contributed by atoms with Crippen LogP contribution in [-0.2, 0) is 0 Å². The van der Waals surface area contributed by atoms with Crippen LogP contribution in [0.25, 0.3) is 10.9 Å². The summed E-state index contributed by atoms with van der Waals surface area (Å²) in [4.78, 5) is 13.5. The third-order valence-corrected chi connectivity index (χ3v) is 2.49. The molecule has 78 valence electrons. The van der Waals surface area contributed by atoms with Crippen LogP contribution in [0.1, 0.15) is 17.4 Å². The predicted octanol–water partition coefficient (Wildman–Crippen LogP) is 1.65. The highest BCUT2D eigenvalue weighted by Crippen LogP contribution is 2.16. The zero-order chi connectivity index (χ0) is 10.8. The molecule has 4 nitrogen and oxygen atoms in total. The Balaban J connectivity index is 2.48. The van der Waals surface area contributed by atoms with Crippen molar-refractivity contribution in [1.29, 1.82) is 0 Å². The normalized spacial score (nSPS) is 10.5. The molecule has 0 saturated heterocycles. The maximum atomic E-state index is 11.9. The SMILES string of the molecule is CCN(C)C(=O)c1n[nH]c2ccccc12. The molecule has 0 bridgehead atoms. The lowest BCUT2D eigenvalue weighted by molar-refractivity contribution is 0.0798. The van der Waals surface area contributed by atoms with E-state index in [0.717, 1.165) is 10.9 Å². The fraction of sp³-hybridized carbons (Fsp3) is 0.273. The van der Waals surface area contributed by atoms with Gasteiger partial charge in [-0.05, 0) is 13.0 Å². The number of carbonyl (C=O) groups excluding carboxylic acids is 1. The van der Waals surface area contributed by atoms with Crippen LogP contribution in [0.4, 0.5) is 0 Å². The van der Waals surface area contributed by atoms with Gasteiger partial charge in [0.25, 0.3) is 5.91 Å². The van der Waals surface area contributed by atoms with Gasteiger partial charge in [-0.25, -0.2) is 0 Å². The molecule has 1 amide bonds. The van der Waals surface area contributed by atoms with E-state index in [4.69, 9.17) is 0 Å². The van der Waals surface area contributed by atoms with Crippen molar-refractivity contribution < 1.29 is 4.79 Å². The molecular weight excluding hydrogens is 190 g/mol. The molecule has 0 aliphatic rings. The minimum Gasteiger partial charge on any atom is -0.341 e. The van der Waals surface area contributed by atoms with Crippen LogP contribution in [0.5, 0.6) is 0 Å². The number of aromatic amines is 1. The van der Waals surface area contributed by atoms with Crippen molar-refractivity contribution in [3.05, 3.63) is 30.0 Å². The Morgan fingerprint density at radius 2 is 2.20 bits per heavy atom. The lowest BCUT2D eigenvalue weighted by Gasteiger charge is -2.12. The Bertz CT molecular complexity index is 489. The quantitative estimate of drug-likeness (QED) is 0.806. The lowest BCUT2D eigenvalue weighted by Crippen LogP contribution is -2.26. The molecule has 1 N–H and O–H groups in total. The van der Waals surface area contributed by atoms with Gasteiger partial charge in [-0.2, -0.15) is 5.10 Å². The van der Waals surface area contributed by atoms with Gasteiger partial charge >= 0.3 is 0 Å². The van der Waals surface area contributed by atoms with E-state index in [1.54, 1.807) is 11.9 Å². The van der Waals surface area contributed by atoms with Crippen molar-refractivity contribution in [1.82, 2.24) is 15.1 Å². The van der Waals surface area contributed by atoms with Crippen molar-refractivity contribution in [3.8, 4) is 0 Å². The number of aromatic nitrogens is 2. The number of para-hydroxylation sites is 1. The molecule has 15 heavy (non-hydrogen) atoms. The standard InChI is InChI=1S/C11H13N3O/c1-3-14(2)11(15)10-8-6-4-5-7-9(8)12-13-10/h4-7H,3H2,1-2H3,(H,12,13). The molecule has 0 unspecified atom stereocenters. The zero-order valence-corrected chi connectivity index (χ0v) is 8.82. The minimum absolute atomic E-state index is 0.0463. The molecule has 0 radical (unpaired) electrons. The second-order valence-corrected chi connectivity index (χ2v) is 3.44. The van der Waals surface area contributed by atoms with Gasteiger partial charge in [-0.1, -0.05) is 18.2 Å². The van der Waals surface area contributed by atoms with Crippen molar-refractivity contribution in [2.45, 2.75) is 6.92 Å². The highest BCUT2D eigenvalue weighted by Gasteiger charge is 2.16. The van der Waals surface area contributed by atoms with E-state index in [1.807, 2.05) is 31.2 Å². The summed E-state index contributed by atoms with van der Waals surface area (Å²) in [7, 11) is 1.77. The summed E-state index contributed by atoms with van der Waals surface area (Å²) in [6, 6.07) is 7.62. The number of carbonyl (C=O) groups is 1. The van der Waals surface area contributed by atoms with Crippen LogP contribution in [0.3, 0.4) is 0 Å². The minimum atomic E-state index is -0.0463. The Morgan fingerprint density at radius 3 is 2.93 bits per heavy atom. The number of amides is 1. The fourth-order valence-corrected chi connectivity index (χ4v) is 1.45. The molecule has 0 aliphatic heterocycles. The van der Waals surface area contributed by atoms with Gasteiger partial charge in [0, 0.05) is 19.0 Å². The van der Waals surface area contributed by atoms with Gasteiger partial charge in [-0.15, -0.1) is 0 Å². The van der Waals surface area contributed by atoms with Gasteiger partial charge in [-0.3, -0.25) is 9.89 Å². The summed E-state index contributed by atoms with van der Waals surface area (Å²) in [5, 5.41) is 7.78. The smallest absolute Gasteiger partial charge is 0.274 e. The molecular formula is C11H13N3O. The number of nitrogens with zero attached hydrogens (tertiary/aromatic N) is 2. The van der Waals surface area contributed by atoms with Crippen LogP contribution < -0.4 is 0 Å². The van der Waals surface area contributed by atoms with Gasteiger partial charge in [0.2, 0.25) is 0 Å². The monoisotopic (exact) mass is 203 g/mol. The molecule has 2 aromatic rings. The van der Waals surface area contributed by atoms with E-state index < -0.39 is 0 Å². The van der Waals surface area contributed by atoms with Gasteiger partial charge in [0.1, 0.15) is 0 Å². The summed E-state index contributed by atoms with van der Waals surface area (Å²) in [5.41, 5.74) is 1.39. The molecule has 0 fully saturated rings. The highest BCUT2D eigenvalue weighted by atomic mass is 16.2. The van der Waals surface area contributed by atoms with E-state index in [2.05, 4.69) is 10.2 Å². The summed E-state index contributed by atoms with van der Waals surface area (Å²) in [6.45, 7) is 2.62. The number of nitrogens with one attached hydrogen (secondary N) is 1. The molecule has 2 rings (SSSR count). The third-order valence-electron chi connectivity index (χ3n) is 2.49. The highest BCUT2D eigenvalue weighted by molar-refractivity contribution is 6.04. The van der Waals surface area contributed by atoms with Crippen LogP contribution in [0, 0.1) is 0 Å². The fourth-order valence-electron chi connectivity index (χ4n) is 1.45. The van der Waals surface area contributed by atoms with Crippen LogP contribution in [0.15, 0.2) is 24.3 Å². The first-order valence-electron chi connectivity index (χ1n) is 4.92. The number of benzene rings is 1. The summed E-state index contributed by atoms with van der Waals surface area (Å²) in [6.07, 6.45) is 0. The number of fused-ring (bicyclic) bond motifs is 1. The Hall–Kier alpha value is -1.84. The summed E-state index contributed by atoms with van der Waals surface area (Å²) in [5.74, 6) is -0.0463. The van der Waals surface area contributed by atoms with E-state index >= 15 is 0 Å². The number of H-pyrrole nitrogens is 1. The molecule has 4 heteroatoms. The Morgan fingerprint density at radius 1 is 1.47 bits per heavy atom. The molecule has 0 aliphatic carbocycles. The molecule has 0 spiro atoms. The van der Waals surface area contributed by atoms with E-state index in [-0.39, 0.29) is 5.91 Å².